The van der Waals surface area contributed by atoms with E-state index >= 15 is 0 Å². The van der Waals surface area contributed by atoms with Gasteiger partial charge in [-0.15, -0.1) is 0 Å². The van der Waals surface area contributed by atoms with Crippen LogP contribution in [0.2, 0.25) is 0 Å². The standard InChI is InChI=1S/C14H27N3O2S2/c1-2-21(18,19)13-10-20-9-8-17(13)14(11-15)5-7-16-6-3-4-12(14)16/h12-13H,2-11,15H2,1H3. The molecule has 0 aromatic heterocycles. The van der Waals surface area contributed by atoms with E-state index in [1.807, 2.05) is 0 Å². The van der Waals surface area contributed by atoms with E-state index in [0.29, 0.717) is 18.3 Å². The molecule has 7 heteroatoms. The molecule has 0 aliphatic carbocycles. The van der Waals surface area contributed by atoms with Crippen molar-refractivity contribution < 1.29 is 8.42 Å². The molecule has 5 nitrogen and oxygen atoms in total. The van der Waals surface area contributed by atoms with Crippen LogP contribution in [-0.4, -0.2) is 78.6 Å². The van der Waals surface area contributed by atoms with Crippen LogP contribution in [0.25, 0.3) is 0 Å². The summed E-state index contributed by atoms with van der Waals surface area (Å²) in [5, 5.41) is -0.342. The van der Waals surface area contributed by atoms with Crippen LogP contribution >= 0.6 is 11.8 Å². The van der Waals surface area contributed by atoms with Gasteiger partial charge in [0.1, 0.15) is 5.37 Å². The third kappa shape index (κ3) is 2.55. The number of hydrogen-bond donors (Lipinski definition) is 1. The molecule has 21 heavy (non-hydrogen) atoms. The van der Waals surface area contributed by atoms with Crippen LogP contribution in [-0.2, 0) is 9.84 Å². The lowest BCUT2D eigenvalue weighted by Gasteiger charge is -2.49. The Balaban J connectivity index is 1.94. The SMILES string of the molecule is CCS(=O)(=O)C1CSCCN1C1(CN)CCN2CCCC21. The number of fused-ring (bicyclic) bond motifs is 1. The van der Waals surface area contributed by atoms with Gasteiger partial charge in [0.25, 0.3) is 0 Å². The van der Waals surface area contributed by atoms with Crippen LogP contribution in [0.15, 0.2) is 0 Å². The lowest BCUT2D eigenvalue weighted by molar-refractivity contribution is 0.0612. The summed E-state index contributed by atoms with van der Waals surface area (Å²) >= 11 is 1.77. The molecule has 0 radical (unpaired) electrons. The van der Waals surface area contributed by atoms with E-state index in [0.717, 1.165) is 31.8 Å². The average Bonchev–Trinajstić information content (AvgIpc) is 3.10. The van der Waals surface area contributed by atoms with E-state index in [4.69, 9.17) is 5.73 Å². The van der Waals surface area contributed by atoms with Gasteiger partial charge >= 0.3 is 0 Å². The summed E-state index contributed by atoms with van der Waals surface area (Å²) in [6.07, 6.45) is 3.41. The molecule has 0 aromatic carbocycles. The Morgan fingerprint density at radius 1 is 1.33 bits per heavy atom. The molecule has 3 unspecified atom stereocenters. The van der Waals surface area contributed by atoms with Crippen molar-refractivity contribution in [3.8, 4) is 0 Å². The van der Waals surface area contributed by atoms with E-state index in [1.54, 1.807) is 18.7 Å². The molecule has 122 valence electrons. The Hall–Kier alpha value is 0.180. The Morgan fingerprint density at radius 3 is 2.86 bits per heavy atom. The predicted octanol–water partition coefficient (Wildman–Crippen LogP) is 0.362. The first-order valence-corrected chi connectivity index (χ1v) is 10.9. The third-order valence-corrected chi connectivity index (χ3v) is 8.93. The summed E-state index contributed by atoms with van der Waals surface area (Å²) in [5.74, 6) is 1.94. The molecule has 3 saturated heterocycles. The molecule has 3 fully saturated rings. The monoisotopic (exact) mass is 333 g/mol. The molecule has 0 bridgehead atoms. The highest BCUT2D eigenvalue weighted by Gasteiger charge is 2.55. The fraction of sp³-hybridized carbons (Fsp3) is 1.00. The highest BCUT2D eigenvalue weighted by Crippen LogP contribution is 2.42. The molecule has 0 saturated carbocycles. The molecular formula is C14H27N3O2S2. The van der Waals surface area contributed by atoms with Gasteiger partial charge in [0.2, 0.25) is 0 Å². The van der Waals surface area contributed by atoms with Crippen molar-refractivity contribution in [3.05, 3.63) is 0 Å². The maximum Gasteiger partial charge on any atom is 0.166 e. The maximum atomic E-state index is 12.6. The number of thioether (sulfide) groups is 1. The largest absolute Gasteiger partial charge is 0.329 e. The molecule has 0 spiro atoms. The van der Waals surface area contributed by atoms with Crippen molar-refractivity contribution in [1.82, 2.24) is 9.80 Å². The van der Waals surface area contributed by atoms with Crippen molar-refractivity contribution in [2.45, 2.75) is 43.1 Å². The summed E-state index contributed by atoms with van der Waals surface area (Å²) in [5.41, 5.74) is 6.11. The summed E-state index contributed by atoms with van der Waals surface area (Å²) in [7, 11) is -3.05. The zero-order chi connectivity index (χ0) is 15.1. The van der Waals surface area contributed by atoms with Crippen molar-refractivity contribution >= 4 is 21.6 Å². The van der Waals surface area contributed by atoms with Crippen LogP contribution in [0, 0.1) is 0 Å². The summed E-state index contributed by atoms with van der Waals surface area (Å²) in [6, 6.07) is 0.458. The van der Waals surface area contributed by atoms with Gasteiger partial charge in [0, 0.05) is 42.9 Å². The number of rotatable bonds is 4. The second-order valence-electron chi connectivity index (χ2n) is 6.43. The Morgan fingerprint density at radius 2 is 2.14 bits per heavy atom. The van der Waals surface area contributed by atoms with Gasteiger partial charge in [0.05, 0.1) is 5.54 Å². The van der Waals surface area contributed by atoms with Gasteiger partial charge in [-0.25, -0.2) is 8.42 Å². The van der Waals surface area contributed by atoms with Gasteiger partial charge in [0.15, 0.2) is 9.84 Å². The average molecular weight is 334 g/mol. The molecule has 0 amide bonds. The summed E-state index contributed by atoms with van der Waals surface area (Å²) in [4.78, 5) is 4.82. The van der Waals surface area contributed by atoms with Gasteiger partial charge in [-0.05, 0) is 25.8 Å². The minimum Gasteiger partial charge on any atom is -0.329 e. The van der Waals surface area contributed by atoms with E-state index < -0.39 is 9.84 Å². The van der Waals surface area contributed by atoms with Crippen molar-refractivity contribution in [2.75, 3.05) is 43.4 Å². The Kier molecular flexibility index (Phi) is 4.59. The zero-order valence-electron chi connectivity index (χ0n) is 12.8. The Labute approximate surface area is 132 Å². The molecule has 3 heterocycles. The van der Waals surface area contributed by atoms with Crippen LogP contribution in [0.5, 0.6) is 0 Å². The number of nitrogens with zero attached hydrogens (tertiary/aromatic N) is 2. The van der Waals surface area contributed by atoms with E-state index in [-0.39, 0.29) is 16.7 Å². The van der Waals surface area contributed by atoms with Crippen LogP contribution in [0.3, 0.4) is 0 Å². The molecule has 3 atom stereocenters. The van der Waals surface area contributed by atoms with Crippen LogP contribution in [0.1, 0.15) is 26.2 Å². The van der Waals surface area contributed by atoms with Gasteiger partial charge in [-0.1, -0.05) is 6.92 Å². The molecular weight excluding hydrogens is 306 g/mol. The smallest absolute Gasteiger partial charge is 0.166 e. The fourth-order valence-electron chi connectivity index (χ4n) is 4.48. The fourth-order valence-corrected chi connectivity index (χ4v) is 7.56. The first-order chi connectivity index (χ1) is 10.0. The van der Waals surface area contributed by atoms with Gasteiger partial charge < -0.3 is 5.73 Å². The summed E-state index contributed by atoms with van der Waals surface area (Å²) < 4.78 is 25.1. The lowest BCUT2D eigenvalue weighted by atomic mass is 9.86. The van der Waals surface area contributed by atoms with Crippen molar-refractivity contribution in [2.24, 2.45) is 5.73 Å². The van der Waals surface area contributed by atoms with Crippen LogP contribution < -0.4 is 5.73 Å². The molecule has 3 aliphatic heterocycles. The molecule has 3 aliphatic rings. The first-order valence-electron chi connectivity index (χ1n) is 8.05. The third-order valence-electron chi connectivity index (χ3n) is 5.64. The topological polar surface area (TPSA) is 66.6 Å². The highest BCUT2D eigenvalue weighted by molar-refractivity contribution is 8.01. The van der Waals surface area contributed by atoms with Gasteiger partial charge in [-0.2, -0.15) is 11.8 Å². The number of sulfone groups is 1. The zero-order valence-corrected chi connectivity index (χ0v) is 14.5. The first kappa shape index (κ1) is 16.1. The molecule has 0 aromatic rings. The summed E-state index contributed by atoms with van der Waals surface area (Å²) in [6.45, 7) is 5.42. The number of nitrogens with two attached hydrogens (primary N) is 1. The lowest BCUT2D eigenvalue weighted by Crippen LogP contribution is -2.66. The second kappa shape index (κ2) is 6.00. The normalized spacial score (nSPS) is 38.8. The van der Waals surface area contributed by atoms with E-state index in [9.17, 15) is 8.42 Å². The van der Waals surface area contributed by atoms with Crippen molar-refractivity contribution in [1.29, 1.82) is 0 Å². The predicted molar refractivity (Wildman–Crippen MR) is 88.3 cm³/mol. The van der Waals surface area contributed by atoms with E-state index in [2.05, 4.69) is 9.80 Å². The minimum absolute atomic E-state index is 0.121. The van der Waals surface area contributed by atoms with E-state index in [1.165, 1.54) is 12.8 Å². The highest BCUT2D eigenvalue weighted by atomic mass is 32.2. The minimum atomic E-state index is -3.05. The van der Waals surface area contributed by atoms with Crippen LogP contribution in [0.4, 0.5) is 0 Å². The molecule has 2 N–H and O–H groups in total. The van der Waals surface area contributed by atoms with Crippen molar-refractivity contribution in [3.63, 3.8) is 0 Å². The quantitative estimate of drug-likeness (QED) is 0.801. The van der Waals surface area contributed by atoms with Gasteiger partial charge in [-0.3, -0.25) is 9.80 Å². The maximum absolute atomic E-state index is 12.6. The second-order valence-corrected chi connectivity index (χ2v) is 10.0. The number of hydrogen-bond acceptors (Lipinski definition) is 6. The molecule has 3 rings (SSSR count). The Bertz CT molecular complexity index is 485.